The normalized spacial score (nSPS) is 7.60. The van der Waals surface area contributed by atoms with Gasteiger partial charge in [0, 0.05) is 34.1 Å². The van der Waals surface area contributed by atoms with Crippen molar-refractivity contribution in [3.63, 3.8) is 0 Å². The first-order valence-corrected chi connectivity index (χ1v) is 1.73. The predicted octanol–water partition coefficient (Wildman–Crippen LogP) is -2.96. The van der Waals surface area contributed by atoms with E-state index in [-0.39, 0.29) is 34.1 Å². The number of carboxylic acid groups (broad SMARTS) is 2. The molecule has 0 aromatic heterocycles. The molecule has 0 atom stereocenters. The van der Waals surface area contributed by atoms with Crippen LogP contribution in [0, 0.1) is 0 Å². The van der Waals surface area contributed by atoms with Gasteiger partial charge in [0.1, 0.15) is 0 Å². The minimum Gasteiger partial charge on any atom is -0.545 e. The molecule has 0 bridgehead atoms. The SMILES string of the molecule is O=C([O-])/C=C\C(=O)[O-].[Fe].[Fe]. The van der Waals surface area contributed by atoms with Crippen LogP contribution in [-0.2, 0) is 43.7 Å². The van der Waals surface area contributed by atoms with Crippen molar-refractivity contribution in [3.05, 3.63) is 12.2 Å². The summed E-state index contributed by atoms with van der Waals surface area (Å²) in [6.45, 7) is 0. The zero-order valence-corrected chi connectivity index (χ0v) is 6.70. The topological polar surface area (TPSA) is 80.3 Å². The average molecular weight is 226 g/mol. The molecule has 0 radical (unpaired) electrons. The number of aliphatic carboxylic acids is 2. The van der Waals surface area contributed by atoms with E-state index in [1.165, 1.54) is 0 Å². The third kappa shape index (κ3) is 15.6. The van der Waals surface area contributed by atoms with E-state index in [1.807, 2.05) is 0 Å². The van der Waals surface area contributed by atoms with E-state index in [1.54, 1.807) is 0 Å². The largest absolute Gasteiger partial charge is 0.545 e. The van der Waals surface area contributed by atoms with Gasteiger partial charge in [-0.2, -0.15) is 0 Å². The van der Waals surface area contributed by atoms with E-state index in [4.69, 9.17) is 0 Å². The van der Waals surface area contributed by atoms with Crippen molar-refractivity contribution in [1.29, 1.82) is 0 Å². The number of rotatable bonds is 2. The first kappa shape index (κ1) is 16.4. The number of hydrogen-bond donors (Lipinski definition) is 0. The average Bonchev–Trinajstić information content (AvgIpc) is 1.61. The Morgan fingerprint density at radius 2 is 1.10 bits per heavy atom. The second kappa shape index (κ2) is 8.72. The fourth-order valence-electron chi connectivity index (χ4n) is 0.136. The molecule has 0 unspecified atom stereocenters. The van der Waals surface area contributed by atoms with Crippen molar-refractivity contribution in [2.75, 3.05) is 0 Å². The van der Waals surface area contributed by atoms with E-state index < -0.39 is 11.9 Å². The maximum atomic E-state index is 9.41. The second-order valence-corrected chi connectivity index (χ2v) is 0.971. The van der Waals surface area contributed by atoms with E-state index in [0.29, 0.717) is 12.2 Å². The molecule has 6 heteroatoms. The van der Waals surface area contributed by atoms with Crippen molar-refractivity contribution in [3.8, 4) is 0 Å². The Balaban J connectivity index is -0.000000245. The number of carbonyl (C=O) groups is 2. The van der Waals surface area contributed by atoms with Crippen molar-refractivity contribution in [2.45, 2.75) is 0 Å². The molecule has 0 amide bonds. The van der Waals surface area contributed by atoms with Crippen LogP contribution < -0.4 is 10.2 Å². The summed E-state index contributed by atoms with van der Waals surface area (Å²) in [4.78, 5) is 18.8. The van der Waals surface area contributed by atoms with Crippen molar-refractivity contribution in [1.82, 2.24) is 0 Å². The Bertz CT molecular complexity index is 126. The summed E-state index contributed by atoms with van der Waals surface area (Å²) < 4.78 is 0. The maximum Gasteiger partial charge on any atom is 0.0643 e. The molecule has 0 N–H and O–H groups in total. The van der Waals surface area contributed by atoms with Crippen LogP contribution in [0.3, 0.4) is 0 Å². The molecule has 0 heterocycles. The van der Waals surface area contributed by atoms with Crippen LogP contribution in [0.15, 0.2) is 12.2 Å². The molecule has 60 valence electrons. The summed E-state index contributed by atoms with van der Waals surface area (Å²) in [6.07, 6.45) is 0.769. The second-order valence-electron chi connectivity index (χ2n) is 0.971. The molecule has 10 heavy (non-hydrogen) atoms. The van der Waals surface area contributed by atoms with Gasteiger partial charge < -0.3 is 19.8 Å². The molecule has 4 nitrogen and oxygen atoms in total. The molecule has 0 aliphatic heterocycles. The fourth-order valence-corrected chi connectivity index (χ4v) is 0.136. The minimum absolute atomic E-state index is 0. The third-order valence-corrected chi connectivity index (χ3v) is 0.355. The summed E-state index contributed by atoms with van der Waals surface area (Å²) in [5.74, 6) is -3.09. The summed E-state index contributed by atoms with van der Waals surface area (Å²) in [5.41, 5.74) is 0. The smallest absolute Gasteiger partial charge is 0.0643 e. The molecular formula is C4H2Fe2O4-2. The number of carboxylic acids is 2. The molecular weight excluding hydrogens is 224 g/mol. The number of carbonyl (C=O) groups excluding carboxylic acids is 2. The zero-order chi connectivity index (χ0) is 6.57. The molecule has 0 saturated heterocycles. The van der Waals surface area contributed by atoms with Crippen LogP contribution >= 0.6 is 0 Å². The Labute approximate surface area is 78.2 Å². The summed E-state index contributed by atoms with van der Waals surface area (Å²) >= 11 is 0. The Hall–Kier alpha value is -0.281. The van der Waals surface area contributed by atoms with Crippen molar-refractivity contribution < 1.29 is 53.9 Å². The molecule has 0 saturated carbocycles. The molecule has 0 aromatic rings. The van der Waals surface area contributed by atoms with Crippen LogP contribution in [0.5, 0.6) is 0 Å². The van der Waals surface area contributed by atoms with Gasteiger partial charge in [-0.15, -0.1) is 0 Å². The van der Waals surface area contributed by atoms with Crippen LogP contribution in [0.4, 0.5) is 0 Å². The standard InChI is InChI=1S/C4H4O4.2Fe/c5-3(6)1-2-4(7)8;;/h1-2H,(H,5,6)(H,7,8);;/p-2/b2-1-;;. The summed E-state index contributed by atoms with van der Waals surface area (Å²) in [6, 6.07) is 0. The first-order valence-electron chi connectivity index (χ1n) is 1.73. The predicted molar refractivity (Wildman–Crippen MR) is 19.2 cm³/mol. The summed E-state index contributed by atoms with van der Waals surface area (Å²) in [5, 5.41) is 18.8. The van der Waals surface area contributed by atoms with Crippen LogP contribution in [-0.4, -0.2) is 11.9 Å². The van der Waals surface area contributed by atoms with E-state index in [2.05, 4.69) is 0 Å². The van der Waals surface area contributed by atoms with Gasteiger partial charge in [-0.3, -0.25) is 0 Å². The monoisotopic (exact) mass is 226 g/mol. The van der Waals surface area contributed by atoms with Crippen LogP contribution in [0.2, 0.25) is 0 Å². The van der Waals surface area contributed by atoms with Crippen molar-refractivity contribution in [2.24, 2.45) is 0 Å². The van der Waals surface area contributed by atoms with Gasteiger partial charge in [0.2, 0.25) is 0 Å². The Morgan fingerprint density at radius 3 is 1.20 bits per heavy atom. The quantitative estimate of drug-likeness (QED) is 0.372. The van der Waals surface area contributed by atoms with Crippen molar-refractivity contribution >= 4 is 11.9 Å². The fraction of sp³-hybridized carbons (Fsp3) is 0. The van der Waals surface area contributed by atoms with E-state index >= 15 is 0 Å². The summed E-state index contributed by atoms with van der Waals surface area (Å²) in [7, 11) is 0. The van der Waals surface area contributed by atoms with Gasteiger partial charge >= 0.3 is 0 Å². The molecule has 0 aromatic carbocycles. The van der Waals surface area contributed by atoms with Gasteiger partial charge in [0.15, 0.2) is 0 Å². The Kier molecular flexibility index (Phi) is 14.3. The zero-order valence-electron chi connectivity index (χ0n) is 4.49. The van der Waals surface area contributed by atoms with Gasteiger partial charge in [-0.1, -0.05) is 0 Å². The van der Waals surface area contributed by atoms with Gasteiger partial charge in [0.05, 0.1) is 11.9 Å². The van der Waals surface area contributed by atoms with Crippen LogP contribution in [0.1, 0.15) is 0 Å². The minimum atomic E-state index is -1.55. The van der Waals surface area contributed by atoms with Crippen LogP contribution in [0.25, 0.3) is 0 Å². The molecule has 0 rings (SSSR count). The Morgan fingerprint density at radius 1 is 0.900 bits per heavy atom. The van der Waals surface area contributed by atoms with Gasteiger partial charge in [0.25, 0.3) is 0 Å². The third-order valence-electron chi connectivity index (χ3n) is 0.355. The molecule has 0 aliphatic carbocycles. The molecule has 0 fully saturated rings. The van der Waals surface area contributed by atoms with Gasteiger partial charge in [-0.05, 0) is 12.2 Å². The van der Waals surface area contributed by atoms with Gasteiger partial charge in [-0.25, -0.2) is 0 Å². The van der Waals surface area contributed by atoms with E-state index in [0.717, 1.165) is 0 Å². The maximum absolute atomic E-state index is 9.41. The molecule has 0 aliphatic rings. The number of hydrogen-bond acceptors (Lipinski definition) is 4. The molecule has 0 spiro atoms. The van der Waals surface area contributed by atoms with E-state index in [9.17, 15) is 19.8 Å². The first-order chi connectivity index (χ1) is 3.63.